The summed E-state index contributed by atoms with van der Waals surface area (Å²) >= 11 is 0. The summed E-state index contributed by atoms with van der Waals surface area (Å²) in [5, 5.41) is 7.95. The van der Waals surface area contributed by atoms with Crippen molar-refractivity contribution in [3.05, 3.63) is 30.2 Å². The standard InChI is InChI=1S/C10H14N4/c1-8(6-11)5-9-3-2-4-14-7-12-13-10(9)14/h2-4,7-8H,5-6,11H2,1H3. The normalized spacial score (nSPS) is 13.3. The van der Waals surface area contributed by atoms with Gasteiger partial charge in [0.15, 0.2) is 5.65 Å². The molecule has 4 nitrogen and oxygen atoms in total. The van der Waals surface area contributed by atoms with Gasteiger partial charge in [-0.05, 0) is 30.5 Å². The molecule has 0 aliphatic heterocycles. The van der Waals surface area contributed by atoms with Crippen molar-refractivity contribution in [3.63, 3.8) is 0 Å². The minimum Gasteiger partial charge on any atom is -0.330 e. The van der Waals surface area contributed by atoms with Crippen LogP contribution in [0.5, 0.6) is 0 Å². The van der Waals surface area contributed by atoms with Crippen molar-refractivity contribution in [2.75, 3.05) is 6.54 Å². The van der Waals surface area contributed by atoms with Crippen molar-refractivity contribution < 1.29 is 0 Å². The number of fused-ring (bicyclic) bond motifs is 1. The van der Waals surface area contributed by atoms with Crippen LogP contribution in [0.2, 0.25) is 0 Å². The highest BCUT2D eigenvalue weighted by Crippen LogP contribution is 2.12. The lowest BCUT2D eigenvalue weighted by Gasteiger charge is -2.08. The highest BCUT2D eigenvalue weighted by Gasteiger charge is 2.06. The van der Waals surface area contributed by atoms with Gasteiger partial charge in [0.2, 0.25) is 0 Å². The molecule has 0 saturated carbocycles. The van der Waals surface area contributed by atoms with Crippen molar-refractivity contribution >= 4 is 5.65 Å². The van der Waals surface area contributed by atoms with Crippen molar-refractivity contribution in [2.24, 2.45) is 11.7 Å². The monoisotopic (exact) mass is 190 g/mol. The van der Waals surface area contributed by atoms with E-state index < -0.39 is 0 Å². The molecule has 0 spiro atoms. The Bertz CT molecular complexity index is 421. The Hall–Kier alpha value is -1.42. The van der Waals surface area contributed by atoms with Gasteiger partial charge in [0.1, 0.15) is 6.33 Å². The number of pyridine rings is 1. The van der Waals surface area contributed by atoms with Crippen molar-refractivity contribution in [1.29, 1.82) is 0 Å². The van der Waals surface area contributed by atoms with E-state index in [1.54, 1.807) is 6.33 Å². The van der Waals surface area contributed by atoms with E-state index in [2.05, 4.69) is 23.2 Å². The van der Waals surface area contributed by atoms with E-state index in [1.165, 1.54) is 5.56 Å². The lowest BCUT2D eigenvalue weighted by Crippen LogP contribution is -2.13. The molecule has 2 aromatic rings. The molecule has 2 aromatic heterocycles. The molecular weight excluding hydrogens is 176 g/mol. The highest BCUT2D eigenvalue weighted by atomic mass is 15.2. The molecule has 2 N–H and O–H groups in total. The van der Waals surface area contributed by atoms with Crippen LogP contribution in [-0.2, 0) is 6.42 Å². The van der Waals surface area contributed by atoms with Crippen molar-refractivity contribution in [1.82, 2.24) is 14.6 Å². The maximum atomic E-state index is 5.60. The molecule has 2 rings (SSSR count). The summed E-state index contributed by atoms with van der Waals surface area (Å²) in [6, 6.07) is 4.09. The second kappa shape index (κ2) is 3.75. The van der Waals surface area contributed by atoms with Crippen LogP contribution in [0.15, 0.2) is 24.7 Å². The van der Waals surface area contributed by atoms with E-state index in [-0.39, 0.29) is 0 Å². The second-order valence-corrected chi connectivity index (χ2v) is 3.64. The third-order valence-corrected chi connectivity index (χ3v) is 2.38. The fraction of sp³-hybridized carbons (Fsp3) is 0.400. The molecule has 0 aliphatic rings. The van der Waals surface area contributed by atoms with Gasteiger partial charge < -0.3 is 5.73 Å². The Morgan fingerprint density at radius 3 is 3.21 bits per heavy atom. The summed E-state index contributed by atoms with van der Waals surface area (Å²) in [5.74, 6) is 0.484. The Morgan fingerprint density at radius 2 is 2.43 bits per heavy atom. The predicted molar refractivity (Wildman–Crippen MR) is 54.9 cm³/mol. The summed E-state index contributed by atoms with van der Waals surface area (Å²) in [7, 11) is 0. The highest BCUT2D eigenvalue weighted by molar-refractivity contribution is 5.46. The largest absolute Gasteiger partial charge is 0.330 e. The van der Waals surface area contributed by atoms with Crippen LogP contribution in [0.25, 0.3) is 5.65 Å². The zero-order valence-electron chi connectivity index (χ0n) is 8.22. The Kier molecular flexibility index (Phi) is 2.45. The first kappa shape index (κ1) is 9.15. The Balaban J connectivity index is 2.36. The van der Waals surface area contributed by atoms with Gasteiger partial charge in [-0.3, -0.25) is 4.40 Å². The van der Waals surface area contributed by atoms with Gasteiger partial charge in [0.25, 0.3) is 0 Å². The third-order valence-electron chi connectivity index (χ3n) is 2.38. The van der Waals surface area contributed by atoms with E-state index in [1.807, 2.05) is 16.7 Å². The average Bonchev–Trinajstić information content (AvgIpc) is 2.66. The zero-order chi connectivity index (χ0) is 9.97. The molecule has 0 aliphatic carbocycles. The molecule has 4 heteroatoms. The summed E-state index contributed by atoms with van der Waals surface area (Å²) in [4.78, 5) is 0. The maximum absolute atomic E-state index is 5.60. The zero-order valence-corrected chi connectivity index (χ0v) is 8.22. The molecule has 74 valence electrons. The molecule has 0 fully saturated rings. The molecule has 0 amide bonds. The molecule has 0 aromatic carbocycles. The first-order chi connectivity index (χ1) is 6.81. The Morgan fingerprint density at radius 1 is 1.57 bits per heavy atom. The van der Waals surface area contributed by atoms with E-state index >= 15 is 0 Å². The molecule has 0 saturated heterocycles. The molecule has 0 bridgehead atoms. The average molecular weight is 190 g/mol. The maximum Gasteiger partial charge on any atom is 0.163 e. The Labute approximate surface area is 82.8 Å². The van der Waals surface area contributed by atoms with Gasteiger partial charge in [0.05, 0.1) is 0 Å². The fourth-order valence-corrected chi connectivity index (χ4v) is 1.53. The van der Waals surface area contributed by atoms with E-state index in [0.29, 0.717) is 12.5 Å². The first-order valence-corrected chi connectivity index (χ1v) is 4.78. The van der Waals surface area contributed by atoms with E-state index in [9.17, 15) is 0 Å². The fourth-order valence-electron chi connectivity index (χ4n) is 1.53. The molecule has 1 atom stereocenters. The lowest BCUT2D eigenvalue weighted by atomic mass is 10.0. The van der Waals surface area contributed by atoms with E-state index in [0.717, 1.165) is 12.1 Å². The van der Waals surface area contributed by atoms with Gasteiger partial charge >= 0.3 is 0 Å². The van der Waals surface area contributed by atoms with Crippen LogP contribution in [0.4, 0.5) is 0 Å². The second-order valence-electron chi connectivity index (χ2n) is 3.64. The van der Waals surface area contributed by atoms with Gasteiger partial charge in [-0.25, -0.2) is 0 Å². The molecular formula is C10H14N4. The smallest absolute Gasteiger partial charge is 0.163 e. The van der Waals surface area contributed by atoms with Crippen LogP contribution >= 0.6 is 0 Å². The molecule has 0 radical (unpaired) electrons. The van der Waals surface area contributed by atoms with E-state index in [4.69, 9.17) is 5.73 Å². The molecule has 1 unspecified atom stereocenters. The van der Waals surface area contributed by atoms with Gasteiger partial charge in [0, 0.05) is 6.20 Å². The molecule has 14 heavy (non-hydrogen) atoms. The SMILES string of the molecule is CC(CN)Cc1cccn2cnnc12. The number of hydrogen-bond acceptors (Lipinski definition) is 3. The van der Waals surface area contributed by atoms with Crippen molar-refractivity contribution in [3.8, 4) is 0 Å². The summed E-state index contributed by atoms with van der Waals surface area (Å²) in [6.07, 6.45) is 4.62. The molecule has 2 heterocycles. The number of nitrogens with two attached hydrogens (primary N) is 1. The summed E-state index contributed by atoms with van der Waals surface area (Å²) in [5.41, 5.74) is 7.75. The topological polar surface area (TPSA) is 56.2 Å². The van der Waals surface area contributed by atoms with Crippen LogP contribution in [-0.4, -0.2) is 21.1 Å². The predicted octanol–water partition coefficient (Wildman–Crippen LogP) is 0.867. The lowest BCUT2D eigenvalue weighted by molar-refractivity contribution is 0.593. The number of rotatable bonds is 3. The van der Waals surface area contributed by atoms with Crippen LogP contribution in [0, 0.1) is 5.92 Å². The summed E-state index contributed by atoms with van der Waals surface area (Å²) in [6.45, 7) is 2.84. The van der Waals surface area contributed by atoms with Gasteiger partial charge in [-0.2, -0.15) is 0 Å². The number of nitrogens with zero attached hydrogens (tertiary/aromatic N) is 3. The minimum atomic E-state index is 0.484. The summed E-state index contributed by atoms with van der Waals surface area (Å²) < 4.78 is 1.93. The van der Waals surface area contributed by atoms with Crippen LogP contribution in [0.3, 0.4) is 0 Å². The van der Waals surface area contributed by atoms with Crippen molar-refractivity contribution in [2.45, 2.75) is 13.3 Å². The number of aromatic nitrogens is 3. The first-order valence-electron chi connectivity index (χ1n) is 4.78. The van der Waals surface area contributed by atoms with Gasteiger partial charge in [-0.15, -0.1) is 10.2 Å². The minimum absolute atomic E-state index is 0.484. The van der Waals surface area contributed by atoms with Gasteiger partial charge in [-0.1, -0.05) is 13.0 Å². The van der Waals surface area contributed by atoms with Crippen LogP contribution < -0.4 is 5.73 Å². The number of hydrogen-bond donors (Lipinski definition) is 1. The third kappa shape index (κ3) is 1.61. The quantitative estimate of drug-likeness (QED) is 0.781. The van der Waals surface area contributed by atoms with Crippen LogP contribution in [0.1, 0.15) is 12.5 Å².